The second-order valence-corrected chi connectivity index (χ2v) is 4.88. The molecule has 2 N–H and O–H groups in total. The fourth-order valence-electron chi connectivity index (χ4n) is 2.43. The largest absolute Gasteiger partial charge is 0.481 e. The summed E-state index contributed by atoms with van der Waals surface area (Å²) < 4.78 is 0. The van der Waals surface area contributed by atoms with E-state index in [-0.39, 0.29) is 11.1 Å². The minimum atomic E-state index is -1.71. The van der Waals surface area contributed by atoms with Gasteiger partial charge in [0.1, 0.15) is 6.04 Å². The Labute approximate surface area is 119 Å². The predicted octanol–water partition coefficient (Wildman–Crippen LogP) is 0.827. The molecule has 0 saturated heterocycles. The second kappa shape index (κ2) is 5.01. The van der Waals surface area contributed by atoms with Crippen LogP contribution in [0.3, 0.4) is 0 Å². The Kier molecular flexibility index (Phi) is 3.51. The van der Waals surface area contributed by atoms with Gasteiger partial charge in [-0.1, -0.05) is 12.1 Å². The Morgan fingerprint density at radius 3 is 1.81 bits per heavy atom. The number of hydrogen-bond donors (Lipinski definition) is 2. The molecule has 1 aliphatic rings. The third kappa shape index (κ3) is 2.26. The van der Waals surface area contributed by atoms with Crippen LogP contribution in [0.25, 0.3) is 0 Å². The Morgan fingerprint density at radius 1 is 1.05 bits per heavy atom. The van der Waals surface area contributed by atoms with E-state index in [1.165, 1.54) is 0 Å². The number of carboxylic acids is 2. The molecule has 110 valence electrons. The van der Waals surface area contributed by atoms with Gasteiger partial charge in [0.05, 0.1) is 17.5 Å². The zero-order chi connectivity index (χ0) is 15.9. The number of carboxylic acid groups (broad SMARTS) is 2. The highest BCUT2D eigenvalue weighted by Gasteiger charge is 2.45. The van der Waals surface area contributed by atoms with E-state index in [9.17, 15) is 19.2 Å². The molecule has 0 spiro atoms. The topological polar surface area (TPSA) is 112 Å². The zero-order valence-electron chi connectivity index (χ0n) is 11.4. The Hall–Kier alpha value is -2.70. The molecule has 7 nitrogen and oxygen atoms in total. The van der Waals surface area contributed by atoms with Gasteiger partial charge in [-0.3, -0.25) is 19.3 Å². The minimum Gasteiger partial charge on any atom is -0.481 e. The zero-order valence-corrected chi connectivity index (χ0v) is 11.4. The molecule has 1 aromatic carbocycles. The summed E-state index contributed by atoms with van der Waals surface area (Å²) in [5.41, 5.74) is 1.40. The van der Waals surface area contributed by atoms with Crippen molar-refractivity contribution in [2.45, 2.75) is 26.3 Å². The van der Waals surface area contributed by atoms with Crippen LogP contribution in [0.1, 0.15) is 38.3 Å². The number of aliphatic carboxylic acids is 2. The van der Waals surface area contributed by atoms with E-state index in [0.29, 0.717) is 16.0 Å². The SMILES string of the molecule is Cc1ccc(C)c2c1C(=O)N(C(CC(=O)O)C(=O)O)C2=O. The van der Waals surface area contributed by atoms with Crippen LogP contribution in [0, 0.1) is 13.8 Å². The van der Waals surface area contributed by atoms with Crippen molar-refractivity contribution in [2.24, 2.45) is 0 Å². The molecule has 7 heteroatoms. The quantitative estimate of drug-likeness (QED) is 0.794. The summed E-state index contributed by atoms with van der Waals surface area (Å²) in [4.78, 5) is 47.2. The van der Waals surface area contributed by atoms with Gasteiger partial charge in [-0.15, -0.1) is 0 Å². The van der Waals surface area contributed by atoms with Crippen LogP contribution in [0.5, 0.6) is 0 Å². The number of amides is 2. The lowest BCUT2D eigenvalue weighted by atomic mass is 9.99. The lowest BCUT2D eigenvalue weighted by Crippen LogP contribution is -2.46. The average Bonchev–Trinajstić information content (AvgIpc) is 2.64. The number of aryl methyl sites for hydroxylation is 2. The van der Waals surface area contributed by atoms with E-state index < -0.39 is 36.2 Å². The van der Waals surface area contributed by atoms with Gasteiger partial charge < -0.3 is 10.2 Å². The lowest BCUT2D eigenvalue weighted by molar-refractivity contribution is -0.147. The van der Waals surface area contributed by atoms with Crippen LogP contribution in [0.4, 0.5) is 0 Å². The fraction of sp³-hybridized carbons (Fsp3) is 0.286. The van der Waals surface area contributed by atoms with Gasteiger partial charge in [-0.05, 0) is 25.0 Å². The van der Waals surface area contributed by atoms with Crippen molar-refractivity contribution in [1.82, 2.24) is 4.90 Å². The predicted molar refractivity (Wildman–Crippen MR) is 70.1 cm³/mol. The molecule has 1 unspecified atom stereocenters. The number of hydrogen-bond acceptors (Lipinski definition) is 4. The van der Waals surface area contributed by atoms with Crippen molar-refractivity contribution in [3.05, 3.63) is 34.4 Å². The molecule has 1 atom stereocenters. The normalized spacial score (nSPS) is 15.0. The summed E-state index contributed by atoms with van der Waals surface area (Å²) in [7, 11) is 0. The van der Waals surface area contributed by atoms with Crippen molar-refractivity contribution in [3.8, 4) is 0 Å². The Morgan fingerprint density at radius 2 is 1.48 bits per heavy atom. The molecule has 1 aliphatic heterocycles. The first-order valence-electron chi connectivity index (χ1n) is 6.18. The van der Waals surface area contributed by atoms with Crippen molar-refractivity contribution >= 4 is 23.8 Å². The average molecular weight is 291 g/mol. The van der Waals surface area contributed by atoms with Crippen LogP contribution in [-0.2, 0) is 9.59 Å². The van der Waals surface area contributed by atoms with E-state index >= 15 is 0 Å². The van der Waals surface area contributed by atoms with Crippen molar-refractivity contribution in [2.75, 3.05) is 0 Å². The number of nitrogens with zero attached hydrogens (tertiary/aromatic N) is 1. The fourth-order valence-corrected chi connectivity index (χ4v) is 2.43. The number of rotatable bonds is 4. The van der Waals surface area contributed by atoms with E-state index in [0.717, 1.165) is 0 Å². The van der Waals surface area contributed by atoms with Gasteiger partial charge in [0.2, 0.25) is 0 Å². The van der Waals surface area contributed by atoms with Crippen LogP contribution in [0.2, 0.25) is 0 Å². The molecule has 1 aromatic rings. The molecule has 0 aliphatic carbocycles. The van der Waals surface area contributed by atoms with Gasteiger partial charge in [-0.25, -0.2) is 4.79 Å². The van der Waals surface area contributed by atoms with Gasteiger partial charge in [0, 0.05) is 0 Å². The highest BCUT2D eigenvalue weighted by molar-refractivity contribution is 6.24. The first kappa shape index (κ1) is 14.7. The van der Waals surface area contributed by atoms with Crippen LogP contribution >= 0.6 is 0 Å². The maximum Gasteiger partial charge on any atom is 0.327 e. The van der Waals surface area contributed by atoms with Gasteiger partial charge in [0.15, 0.2) is 0 Å². The van der Waals surface area contributed by atoms with Crippen molar-refractivity contribution in [1.29, 1.82) is 0 Å². The van der Waals surface area contributed by atoms with E-state index in [4.69, 9.17) is 10.2 Å². The van der Waals surface area contributed by atoms with E-state index in [1.807, 2.05) is 0 Å². The third-order valence-corrected chi connectivity index (χ3v) is 3.45. The van der Waals surface area contributed by atoms with Gasteiger partial charge in [0.25, 0.3) is 11.8 Å². The summed E-state index contributed by atoms with van der Waals surface area (Å²) in [6.07, 6.45) is -0.834. The Bertz CT molecular complexity index is 637. The summed E-state index contributed by atoms with van der Waals surface area (Å²) in [6.45, 7) is 3.28. The van der Waals surface area contributed by atoms with Crippen LogP contribution in [0.15, 0.2) is 12.1 Å². The summed E-state index contributed by atoms with van der Waals surface area (Å²) in [6, 6.07) is 1.61. The lowest BCUT2D eigenvalue weighted by Gasteiger charge is -2.20. The molecule has 1 heterocycles. The molecular formula is C14H13NO6. The van der Waals surface area contributed by atoms with Crippen molar-refractivity contribution < 1.29 is 29.4 Å². The van der Waals surface area contributed by atoms with Crippen LogP contribution in [-0.4, -0.2) is 44.9 Å². The second-order valence-electron chi connectivity index (χ2n) is 4.88. The van der Waals surface area contributed by atoms with Gasteiger partial charge in [-0.2, -0.15) is 0 Å². The first-order chi connectivity index (χ1) is 9.75. The third-order valence-electron chi connectivity index (χ3n) is 3.45. The number of carbonyl (C=O) groups excluding carboxylic acids is 2. The Balaban J connectivity index is 2.55. The molecule has 21 heavy (non-hydrogen) atoms. The monoisotopic (exact) mass is 291 g/mol. The maximum atomic E-state index is 12.4. The number of fused-ring (bicyclic) bond motifs is 1. The molecular weight excluding hydrogens is 278 g/mol. The summed E-state index contributed by atoms with van der Waals surface area (Å²) >= 11 is 0. The van der Waals surface area contributed by atoms with Crippen LogP contribution < -0.4 is 0 Å². The van der Waals surface area contributed by atoms with E-state index in [2.05, 4.69) is 0 Å². The highest BCUT2D eigenvalue weighted by Crippen LogP contribution is 2.30. The molecule has 0 saturated carbocycles. The molecule has 2 amide bonds. The first-order valence-corrected chi connectivity index (χ1v) is 6.18. The number of benzene rings is 1. The minimum absolute atomic E-state index is 0.150. The van der Waals surface area contributed by atoms with E-state index in [1.54, 1.807) is 26.0 Å². The smallest absolute Gasteiger partial charge is 0.327 e. The standard InChI is InChI=1S/C14H13NO6/c1-6-3-4-7(2)11-10(6)12(18)15(13(11)19)8(14(20)21)5-9(16)17/h3-4,8H,5H2,1-2H3,(H,16,17)(H,20,21). The molecule has 0 radical (unpaired) electrons. The van der Waals surface area contributed by atoms with Gasteiger partial charge >= 0.3 is 11.9 Å². The molecule has 0 fully saturated rings. The number of imide groups is 1. The molecule has 2 rings (SSSR count). The summed E-state index contributed by atoms with van der Waals surface area (Å²) in [5, 5.41) is 17.9. The summed E-state index contributed by atoms with van der Waals surface area (Å²) in [5.74, 6) is -4.44. The maximum absolute atomic E-state index is 12.4. The molecule has 0 aromatic heterocycles. The highest BCUT2D eigenvalue weighted by atomic mass is 16.4. The van der Waals surface area contributed by atoms with Crippen molar-refractivity contribution in [3.63, 3.8) is 0 Å². The molecule has 0 bridgehead atoms. The number of carbonyl (C=O) groups is 4.